The molecule has 0 fully saturated rings. The van der Waals surface area contributed by atoms with E-state index in [9.17, 15) is 4.79 Å². The lowest BCUT2D eigenvalue weighted by atomic mass is 9.93. The van der Waals surface area contributed by atoms with Gasteiger partial charge in [0.1, 0.15) is 9.80 Å². The van der Waals surface area contributed by atoms with Gasteiger partial charge in [-0.3, -0.25) is 4.79 Å². The van der Waals surface area contributed by atoms with E-state index in [1.807, 2.05) is 17.8 Å². The summed E-state index contributed by atoms with van der Waals surface area (Å²) in [6.45, 7) is 14.5. The maximum absolute atomic E-state index is 11.2. The summed E-state index contributed by atoms with van der Waals surface area (Å²) in [6, 6.07) is 0. The first-order chi connectivity index (χ1) is 19.3. The quantitative estimate of drug-likeness (QED) is 0.0666. The summed E-state index contributed by atoms with van der Waals surface area (Å²) in [5.41, 5.74) is 1.40. The molecule has 0 aromatic carbocycles. The lowest BCUT2D eigenvalue weighted by molar-refractivity contribution is 0.0123. The van der Waals surface area contributed by atoms with Gasteiger partial charge >= 0.3 is 0 Å². The van der Waals surface area contributed by atoms with Gasteiger partial charge in [0.15, 0.2) is 5.78 Å². The topological polar surface area (TPSA) is 125 Å². The molecule has 0 aliphatic heterocycles. The molecule has 13 heteroatoms. The molecule has 0 bridgehead atoms. The normalized spacial score (nSPS) is 13.9. The molecule has 2 aromatic heterocycles. The van der Waals surface area contributed by atoms with Crippen molar-refractivity contribution in [3.63, 3.8) is 0 Å². The second-order valence-electron chi connectivity index (χ2n) is 10.0. The highest BCUT2D eigenvalue weighted by Crippen LogP contribution is 2.18. The van der Waals surface area contributed by atoms with Gasteiger partial charge in [0.25, 0.3) is 0 Å². The predicted molar refractivity (Wildman–Crippen MR) is 159 cm³/mol. The van der Waals surface area contributed by atoms with Gasteiger partial charge in [0.2, 0.25) is 0 Å². The van der Waals surface area contributed by atoms with Crippen molar-refractivity contribution in [2.45, 2.75) is 70.6 Å². The number of rotatable bonds is 25. The number of hydrogen-bond donors (Lipinski definition) is 0. The van der Waals surface area contributed by atoms with Gasteiger partial charge in [-0.2, -0.15) is 0 Å². The zero-order valence-electron chi connectivity index (χ0n) is 24.5. The second kappa shape index (κ2) is 21.2. The van der Waals surface area contributed by atoms with E-state index in [0.717, 1.165) is 38.0 Å². The summed E-state index contributed by atoms with van der Waals surface area (Å²) in [5.74, 6) is 1.06. The summed E-state index contributed by atoms with van der Waals surface area (Å²) in [7, 11) is 0. The lowest BCUT2D eigenvalue weighted by Gasteiger charge is -2.15. The maximum Gasteiger partial charge on any atom is 0.181 e. The minimum absolute atomic E-state index is 0.0899. The third kappa shape index (κ3) is 16.7. The van der Waals surface area contributed by atoms with Crippen LogP contribution in [0.25, 0.3) is 0 Å². The summed E-state index contributed by atoms with van der Waals surface area (Å²) in [5, 5.41) is 16.3. The Morgan fingerprint density at radius 2 is 1.30 bits per heavy atom. The van der Waals surface area contributed by atoms with E-state index in [2.05, 4.69) is 57.1 Å². The van der Waals surface area contributed by atoms with Crippen LogP contribution >= 0.6 is 22.6 Å². The van der Waals surface area contributed by atoms with Crippen LogP contribution in [0.4, 0.5) is 0 Å². The minimum atomic E-state index is -0.0899. The fourth-order valence-electron chi connectivity index (χ4n) is 3.80. The number of hydrogen-bond acceptors (Lipinski definition) is 10. The van der Waals surface area contributed by atoms with Gasteiger partial charge in [-0.05, 0) is 31.6 Å². The van der Waals surface area contributed by atoms with Crippen molar-refractivity contribution in [2.24, 2.45) is 11.8 Å². The van der Waals surface area contributed by atoms with E-state index < -0.39 is 0 Å². The summed E-state index contributed by atoms with van der Waals surface area (Å²) < 4.78 is 31.5. The minimum Gasteiger partial charge on any atom is -0.379 e. The standard InChI is InChI=1S/C27H47IN6O6/c1-22(7-10-36-13-14-38-12-9-34-21-27(24(3)35)30-32-34)5-6-23(2)19-26-20-33(31-29-26)8-11-37-15-16-39-17-18-40-25(4)28/h20-23,25H,5-19H2,1-4H3. The predicted octanol–water partition coefficient (Wildman–Crippen LogP) is 3.62. The van der Waals surface area contributed by atoms with Gasteiger partial charge in [-0.15, -0.1) is 10.2 Å². The molecule has 0 saturated carbocycles. The Balaban J connectivity index is 1.41. The largest absolute Gasteiger partial charge is 0.379 e. The van der Waals surface area contributed by atoms with E-state index in [1.165, 1.54) is 6.92 Å². The molecule has 228 valence electrons. The first kappa shape index (κ1) is 34.7. The number of Topliss-reactive ketones (excluding diaryl/α,β-unsaturated/α-hetero) is 1. The Kier molecular flexibility index (Phi) is 18.4. The SMILES string of the molecule is CC(=O)c1cn(CCOCCOCCC(C)CCC(C)Cc2cn(CCOCCOCCOC(C)I)nn2)nn1. The zero-order chi connectivity index (χ0) is 29.0. The Hall–Kier alpha value is -1.52. The van der Waals surface area contributed by atoms with Crippen LogP contribution in [0.3, 0.4) is 0 Å². The van der Waals surface area contributed by atoms with Crippen LogP contribution < -0.4 is 0 Å². The van der Waals surface area contributed by atoms with Crippen LogP contribution in [0.1, 0.15) is 63.1 Å². The molecule has 0 radical (unpaired) electrons. The van der Waals surface area contributed by atoms with E-state index in [0.29, 0.717) is 83.5 Å². The number of carbonyl (C=O) groups excluding carboxylic acids is 1. The van der Waals surface area contributed by atoms with Gasteiger partial charge in [-0.25, -0.2) is 9.36 Å². The van der Waals surface area contributed by atoms with Gasteiger partial charge in [0, 0.05) is 19.7 Å². The number of nitrogens with zero attached hydrogens (tertiary/aromatic N) is 6. The molecule has 2 heterocycles. The molecule has 3 unspecified atom stereocenters. The second-order valence-corrected chi connectivity index (χ2v) is 11.8. The lowest BCUT2D eigenvalue weighted by Crippen LogP contribution is -2.13. The van der Waals surface area contributed by atoms with Crippen molar-refractivity contribution in [2.75, 3.05) is 59.5 Å². The van der Waals surface area contributed by atoms with Crippen molar-refractivity contribution in [1.82, 2.24) is 30.0 Å². The highest BCUT2D eigenvalue weighted by atomic mass is 127. The summed E-state index contributed by atoms with van der Waals surface area (Å²) in [4.78, 5) is 11.2. The van der Waals surface area contributed by atoms with Crippen LogP contribution in [0, 0.1) is 11.8 Å². The molecular formula is C27H47IN6O6. The van der Waals surface area contributed by atoms with Crippen molar-refractivity contribution >= 4 is 28.4 Å². The van der Waals surface area contributed by atoms with Crippen LogP contribution in [-0.4, -0.2) is 99.3 Å². The smallest absolute Gasteiger partial charge is 0.181 e. The number of ketones is 1. The molecule has 0 saturated heterocycles. The number of halogens is 1. The molecule has 0 aliphatic carbocycles. The highest BCUT2D eigenvalue weighted by Gasteiger charge is 2.11. The van der Waals surface area contributed by atoms with Crippen LogP contribution in [-0.2, 0) is 43.2 Å². The highest BCUT2D eigenvalue weighted by molar-refractivity contribution is 14.1. The van der Waals surface area contributed by atoms with E-state index >= 15 is 0 Å². The van der Waals surface area contributed by atoms with Gasteiger partial charge < -0.3 is 23.7 Å². The number of ether oxygens (including phenoxy) is 5. The molecule has 0 amide bonds. The van der Waals surface area contributed by atoms with Gasteiger partial charge in [0.05, 0.1) is 77.8 Å². The fraction of sp³-hybridized carbons (Fsp3) is 0.815. The van der Waals surface area contributed by atoms with Crippen molar-refractivity contribution < 1.29 is 28.5 Å². The monoisotopic (exact) mass is 678 g/mol. The van der Waals surface area contributed by atoms with E-state index in [4.69, 9.17) is 23.7 Å². The maximum atomic E-state index is 11.2. The first-order valence-corrected chi connectivity index (χ1v) is 15.4. The molecule has 2 aromatic rings. The molecule has 3 atom stereocenters. The Morgan fingerprint density at radius 1 is 0.750 bits per heavy atom. The van der Waals surface area contributed by atoms with Crippen molar-refractivity contribution in [3.05, 3.63) is 23.8 Å². The van der Waals surface area contributed by atoms with Crippen molar-refractivity contribution in [3.8, 4) is 0 Å². The average molecular weight is 679 g/mol. The third-order valence-electron chi connectivity index (χ3n) is 6.20. The van der Waals surface area contributed by atoms with Crippen LogP contribution in [0.5, 0.6) is 0 Å². The van der Waals surface area contributed by atoms with Gasteiger partial charge in [-0.1, -0.05) is 59.7 Å². The number of carbonyl (C=O) groups is 1. The number of aromatic nitrogens is 6. The summed E-state index contributed by atoms with van der Waals surface area (Å²) in [6.07, 6.45) is 7.93. The molecular weight excluding hydrogens is 631 g/mol. The van der Waals surface area contributed by atoms with E-state index in [-0.39, 0.29) is 9.89 Å². The Bertz CT molecular complexity index is 927. The van der Waals surface area contributed by atoms with Crippen LogP contribution in [0.15, 0.2) is 12.4 Å². The third-order valence-corrected chi connectivity index (χ3v) is 6.56. The molecule has 40 heavy (non-hydrogen) atoms. The Labute approximate surface area is 251 Å². The van der Waals surface area contributed by atoms with E-state index in [1.54, 1.807) is 10.9 Å². The van der Waals surface area contributed by atoms with Crippen molar-refractivity contribution in [1.29, 1.82) is 0 Å². The molecule has 0 aliphatic rings. The Morgan fingerprint density at radius 3 is 1.93 bits per heavy atom. The average Bonchev–Trinajstić information content (AvgIpc) is 3.57. The molecule has 2 rings (SSSR count). The van der Waals surface area contributed by atoms with Crippen LogP contribution in [0.2, 0.25) is 0 Å². The zero-order valence-corrected chi connectivity index (χ0v) is 26.7. The fourth-order valence-corrected chi connectivity index (χ4v) is 4.05. The summed E-state index contributed by atoms with van der Waals surface area (Å²) >= 11 is 2.22. The molecule has 0 N–H and O–H groups in total. The molecule has 0 spiro atoms. The number of alkyl halides is 1. The first-order valence-electron chi connectivity index (χ1n) is 14.2. The molecule has 12 nitrogen and oxygen atoms in total.